The van der Waals surface area contributed by atoms with Crippen LogP contribution in [-0.4, -0.2) is 28.0 Å². The average molecular weight is 265 g/mol. The molecule has 0 aromatic carbocycles. The van der Waals surface area contributed by atoms with Crippen LogP contribution in [0.4, 0.5) is 13.2 Å². The number of halogens is 3. The van der Waals surface area contributed by atoms with Gasteiger partial charge in [0, 0.05) is 24.5 Å². The van der Waals surface area contributed by atoms with E-state index in [-0.39, 0.29) is 5.56 Å². The molecule has 0 N–H and O–H groups in total. The molecular weight excluding hydrogens is 251 g/mol. The Hall–Kier alpha value is -0.910. The summed E-state index contributed by atoms with van der Waals surface area (Å²) >= 11 is 1.78. The van der Waals surface area contributed by atoms with Gasteiger partial charge in [-0.05, 0) is 24.0 Å². The van der Waals surface area contributed by atoms with Crippen molar-refractivity contribution < 1.29 is 18.0 Å². The van der Waals surface area contributed by atoms with E-state index in [4.69, 9.17) is 0 Å². The first-order chi connectivity index (χ1) is 7.95. The molecule has 0 unspecified atom stereocenters. The summed E-state index contributed by atoms with van der Waals surface area (Å²) < 4.78 is 38.0. The van der Waals surface area contributed by atoms with Gasteiger partial charge < -0.3 is 4.57 Å². The van der Waals surface area contributed by atoms with E-state index in [1.807, 2.05) is 0 Å². The summed E-state index contributed by atoms with van der Waals surface area (Å²) in [6.45, 7) is 2.69. The van der Waals surface area contributed by atoms with Crippen molar-refractivity contribution in [1.29, 1.82) is 0 Å². The van der Waals surface area contributed by atoms with Crippen LogP contribution in [0.5, 0.6) is 0 Å². The summed E-state index contributed by atoms with van der Waals surface area (Å²) in [5, 5.41) is 0. The number of Topliss-reactive ketones (excluding diaryl/α,β-unsaturated/α-hetero) is 1. The van der Waals surface area contributed by atoms with Gasteiger partial charge in [0.1, 0.15) is 0 Å². The molecule has 96 valence electrons. The molecule has 2 nitrogen and oxygen atoms in total. The number of aryl methyl sites for hydroxylation is 1. The molecule has 1 heterocycles. The molecule has 0 amide bonds. The zero-order valence-corrected chi connectivity index (χ0v) is 10.3. The molecule has 0 saturated carbocycles. The van der Waals surface area contributed by atoms with Crippen LogP contribution in [0.3, 0.4) is 0 Å². The largest absolute Gasteiger partial charge is 0.454 e. The van der Waals surface area contributed by atoms with Crippen molar-refractivity contribution in [2.75, 3.05) is 11.5 Å². The second kappa shape index (κ2) is 6.14. The summed E-state index contributed by atoms with van der Waals surface area (Å²) in [5.41, 5.74) is -0.291. The Morgan fingerprint density at radius 3 is 2.76 bits per heavy atom. The van der Waals surface area contributed by atoms with Crippen LogP contribution in [0.15, 0.2) is 18.5 Å². The van der Waals surface area contributed by atoms with Crippen molar-refractivity contribution in [3.8, 4) is 0 Å². The summed E-state index contributed by atoms with van der Waals surface area (Å²) in [5.74, 6) is 0.222. The van der Waals surface area contributed by atoms with Crippen molar-refractivity contribution >= 4 is 17.5 Å². The second-order valence-corrected chi connectivity index (χ2v) is 4.91. The van der Waals surface area contributed by atoms with Gasteiger partial charge >= 0.3 is 6.18 Å². The van der Waals surface area contributed by atoms with Crippen molar-refractivity contribution in [1.82, 2.24) is 4.57 Å². The first kappa shape index (κ1) is 14.2. The number of alkyl halides is 3. The van der Waals surface area contributed by atoms with Crippen LogP contribution in [0.1, 0.15) is 23.7 Å². The molecule has 17 heavy (non-hydrogen) atoms. The fraction of sp³-hybridized carbons (Fsp3) is 0.545. The second-order valence-electron chi connectivity index (χ2n) is 3.52. The van der Waals surface area contributed by atoms with Gasteiger partial charge in [-0.2, -0.15) is 24.9 Å². The van der Waals surface area contributed by atoms with Crippen molar-refractivity contribution in [2.24, 2.45) is 0 Å². The third-order valence-electron chi connectivity index (χ3n) is 2.18. The van der Waals surface area contributed by atoms with Gasteiger partial charge in [0.25, 0.3) is 5.78 Å². The Morgan fingerprint density at radius 1 is 1.47 bits per heavy atom. The van der Waals surface area contributed by atoms with Gasteiger partial charge in [-0.25, -0.2) is 0 Å². The number of thioether (sulfide) groups is 1. The first-order valence-electron chi connectivity index (χ1n) is 5.30. The number of hydrogen-bond acceptors (Lipinski definition) is 2. The van der Waals surface area contributed by atoms with E-state index in [2.05, 4.69) is 6.92 Å². The lowest BCUT2D eigenvalue weighted by molar-refractivity contribution is -0.0885. The zero-order chi connectivity index (χ0) is 12.9. The molecule has 0 fully saturated rings. The van der Waals surface area contributed by atoms with Crippen LogP contribution in [0.25, 0.3) is 0 Å². The maximum absolute atomic E-state index is 12.1. The van der Waals surface area contributed by atoms with E-state index in [1.165, 1.54) is 18.5 Å². The minimum absolute atomic E-state index is 0.291. The Balaban J connectivity index is 2.51. The minimum Gasteiger partial charge on any atom is -0.353 e. The maximum atomic E-state index is 12.1. The summed E-state index contributed by atoms with van der Waals surface area (Å²) in [7, 11) is 0. The molecule has 1 rings (SSSR count). The summed E-state index contributed by atoms with van der Waals surface area (Å²) in [6.07, 6.45) is -1.14. The lowest BCUT2D eigenvalue weighted by Crippen LogP contribution is -2.22. The number of carbonyl (C=O) groups is 1. The summed E-state index contributed by atoms with van der Waals surface area (Å²) in [6, 6.07) is 1.21. The highest BCUT2D eigenvalue weighted by Gasteiger charge is 2.39. The number of aromatic nitrogens is 1. The molecule has 0 radical (unpaired) electrons. The maximum Gasteiger partial charge on any atom is 0.454 e. The van der Waals surface area contributed by atoms with Gasteiger partial charge in [0.15, 0.2) is 0 Å². The number of hydrogen-bond donors (Lipinski definition) is 0. The molecule has 6 heteroatoms. The number of ketones is 1. The molecular formula is C11H14F3NOS. The van der Waals surface area contributed by atoms with Gasteiger partial charge in [0.05, 0.1) is 0 Å². The number of rotatable bonds is 6. The first-order valence-corrected chi connectivity index (χ1v) is 6.45. The molecule has 1 aromatic rings. The van der Waals surface area contributed by atoms with Crippen molar-refractivity contribution in [3.05, 3.63) is 24.0 Å². The monoisotopic (exact) mass is 265 g/mol. The molecule has 0 aliphatic rings. The van der Waals surface area contributed by atoms with Crippen molar-refractivity contribution in [2.45, 2.75) is 26.1 Å². The summed E-state index contributed by atoms with van der Waals surface area (Å²) in [4.78, 5) is 10.9. The molecule has 0 aliphatic carbocycles. The van der Waals surface area contributed by atoms with Crippen LogP contribution in [0.2, 0.25) is 0 Å². The highest BCUT2D eigenvalue weighted by molar-refractivity contribution is 7.99. The Bertz CT molecular complexity index is 373. The molecule has 0 saturated heterocycles. The predicted molar refractivity (Wildman–Crippen MR) is 62.4 cm³/mol. The predicted octanol–water partition coefficient (Wildman–Crippen LogP) is 3.38. The Labute approximate surface area is 102 Å². The van der Waals surface area contributed by atoms with Crippen LogP contribution in [0, 0.1) is 0 Å². The average Bonchev–Trinajstić information content (AvgIpc) is 2.70. The molecule has 0 atom stereocenters. The highest BCUT2D eigenvalue weighted by Crippen LogP contribution is 2.21. The van der Waals surface area contributed by atoms with Crippen LogP contribution >= 0.6 is 11.8 Å². The molecule has 0 spiro atoms. The fourth-order valence-electron chi connectivity index (χ4n) is 1.37. The lowest BCUT2D eigenvalue weighted by Gasteiger charge is -2.03. The van der Waals surface area contributed by atoms with Crippen molar-refractivity contribution in [3.63, 3.8) is 0 Å². The Kier molecular flexibility index (Phi) is 5.11. The van der Waals surface area contributed by atoms with E-state index >= 15 is 0 Å². The van der Waals surface area contributed by atoms with Gasteiger partial charge in [-0.3, -0.25) is 4.79 Å². The smallest absolute Gasteiger partial charge is 0.353 e. The number of nitrogens with zero attached hydrogens (tertiary/aromatic N) is 1. The minimum atomic E-state index is -4.79. The van der Waals surface area contributed by atoms with E-state index in [0.717, 1.165) is 17.9 Å². The standard InChI is InChI=1S/C11H14F3NOS/c1-2-17-7-3-5-15-6-4-9(8-15)10(16)11(12,13)14/h4,6,8H,2-3,5,7H2,1H3. The fourth-order valence-corrected chi connectivity index (χ4v) is 1.99. The molecule has 0 aliphatic heterocycles. The quantitative estimate of drug-likeness (QED) is 0.581. The van der Waals surface area contributed by atoms with E-state index in [1.54, 1.807) is 16.3 Å². The van der Waals surface area contributed by atoms with E-state index in [0.29, 0.717) is 6.54 Å². The van der Waals surface area contributed by atoms with Crippen LogP contribution < -0.4 is 0 Å². The molecule has 1 aromatic heterocycles. The number of carbonyl (C=O) groups excluding carboxylic acids is 1. The Morgan fingerprint density at radius 2 is 2.18 bits per heavy atom. The highest BCUT2D eigenvalue weighted by atomic mass is 32.2. The lowest BCUT2D eigenvalue weighted by atomic mass is 10.2. The SMILES string of the molecule is CCSCCCn1ccc(C(=O)C(F)(F)F)c1. The topological polar surface area (TPSA) is 22.0 Å². The van der Waals surface area contributed by atoms with E-state index in [9.17, 15) is 18.0 Å². The van der Waals surface area contributed by atoms with E-state index < -0.39 is 12.0 Å². The third kappa shape index (κ3) is 4.46. The zero-order valence-electron chi connectivity index (χ0n) is 9.46. The van der Waals surface area contributed by atoms with Gasteiger partial charge in [-0.15, -0.1) is 0 Å². The van der Waals surface area contributed by atoms with Gasteiger partial charge in [-0.1, -0.05) is 6.92 Å². The third-order valence-corrected chi connectivity index (χ3v) is 3.16. The normalized spacial score (nSPS) is 11.8. The van der Waals surface area contributed by atoms with Gasteiger partial charge in [0.2, 0.25) is 0 Å². The molecule has 0 bridgehead atoms. The van der Waals surface area contributed by atoms with Crippen LogP contribution in [-0.2, 0) is 6.54 Å².